The summed E-state index contributed by atoms with van der Waals surface area (Å²) < 4.78 is 28.2. The zero-order valence-electron chi connectivity index (χ0n) is 10.1. The maximum atomic E-state index is 12.8. The van der Waals surface area contributed by atoms with E-state index in [0.29, 0.717) is 0 Å². The highest BCUT2D eigenvalue weighted by Crippen LogP contribution is 2.34. The van der Waals surface area contributed by atoms with Gasteiger partial charge in [0.1, 0.15) is 25.5 Å². The first-order valence-electron chi connectivity index (χ1n) is 5.42. The Hall–Kier alpha value is -1.68. The SMILES string of the molecule is Nc1ncnc2nn(C[C@@H](CF)OCP(=O)(O)O)nc12. The minimum atomic E-state index is -4.35. The van der Waals surface area contributed by atoms with E-state index < -0.39 is 26.7 Å². The number of hydrogen-bond acceptors (Lipinski definition) is 7. The van der Waals surface area contributed by atoms with Crippen LogP contribution in [0.25, 0.3) is 11.2 Å². The smallest absolute Gasteiger partial charge is 0.350 e. The average Bonchev–Trinajstić information content (AvgIpc) is 2.77. The van der Waals surface area contributed by atoms with Crippen LogP contribution in [0.2, 0.25) is 0 Å². The number of nitrogen functional groups attached to an aromatic ring is 1. The zero-order valence-corrected chi connectivity index (χ0v) is 11.0. The van der Waals surface area contributed by atoms with E-state index in [0.717, 1.165) is 4.80 Å². The molecule has 2 heterocycles. The van der Waals surface area contributed by atoms with Gasteiger partial charge in [0, 0.05) is 0 Å². The number of rotatable bonds is 6. The third-order valence-electron chi connectivity index (χ3n) is 2.27. The maximum absolute atomic E-state index is 12.8. The largest absolute Gasteiger partial charge is 0.382 e. The molecule has 1 atom stereocenters. The number of halogens is 1. The molecule has 0 aromatic carbocycles. The van der Waals surface area contributed by atoms with E-state index >= 15 is 0 Å². The van der Waals surface area contributed by atoms with Gasteiger partial charge in [-0.05, 0) is 0 Å². The van der Waals surface area contributed by atoms with Crippen LogP contribution in [0, 0.1) is 0 Å². The number of hydrogen-bond donors (Lipinski definition) is 3. The first-order chi connectivity index (χ1) is 9.39. The Bertz CT molecular complexity index is 645. The van der Waals surface area contributed by atoms with Crippen molar-refractivity contribution in [3.63, 3.8) is 0 Å². The highest BCUT2D eigenvalue weighted by molar-refractivity contribution is 7.51. The van der Waals surface area contributed by atoms with Gasteiger partial charge in [-0.1, -0.05) is 0 Å². The molecule has 0 amide bonds. The molecule has 2 aromatic rings. The van der Waals surface area contributed by atoms with Crippen molar-refractivity contribution in [2.24, 2.45) is 0 Å². The molecular formula is C8H12FN6O4P. The Balaban J connectivity index is 2.09. The van der Waals surface area contributed by atoms with E-state index in [9.17, 15) is 8.96 Å². The normalized spacial score (nSPS) is 13.8. The molecule has 0 aliphatic carbocycles. The average molecular weight is 306 g/mol. The molecule has 0 bridgehead atoms. The first kappa shape index (κ1) is 14.7. The van der Waals surface area contributed by atoms with Crippen molar-refractivity contribution in [3.8, 4) is 0 Å². The van der Waals surface area contributed by atoms with Gasteiger partial charge in [0.15, 0.2) is 11.3 Å². The van der Waals surface area contributed by atoms with Gasteiger partial charge in [-0.2, -0.15) is 4.80 Å². The summed E-state index contributed by atoms with van der Waals surface area (Å²) in [5.41, 5.74) is 6.08. The quantitative estimate of drug-likeness (QED) is 0.588. The fourth-order valence-corrected chi connectivity index (χ4v) is 1.82. The Kier molecular flexibility index (Phi) is 4.23. The molecule has 2 rings (SSSR count). The van der Waals surface area contributed by atoms with E-state index in [1.165, 1.54) is 6.33 Å². The van der Waals surface area contributed by atoms with Gasteiger partial charge in [0.25, 0.3) is 0 Å². The lowest BCUT2D eigenvalue weighted by atomic mass is 10.4. The number of nitrogens with two attached hydrogens (primary N) is 1. The molecule has 0 fully saturated rings. The molecule has 0 radical (unpaired) electrons. The highest BCUT2D eigenvalue weighted by Gasteiger charge is 2.19. The lowest BCUT2D eigenvalue weighted by Crippen LogP contribution is -2.24. The fourth-order valence-electron chi connectivity index (χ4n) is 1.41. The molecular weight excluding hydrogens is 294 g/mol. The monoisotopic (exact) mass is 306 g/mol. The van der Waals surface area contributed by atoms with Crippen LogP contribution >= 0.6 is 7.60 Å². The van der Waals surface area contributed by atoms with Crippen molar-refractivity contribution in [2.45, 2.75) is 12.6 Å². The number of nitrogens with zero attached hydrogens (tertiary/aromatic N) is 5. The van der Waals surface area contributed by atoms with Gasteiger partial charge in [0.2, 0.25) is 5.65 Å². The van der Waals surface area contributed by atoms with Gasteiger partial charge < -0.3 is 20.3 Å². The summed E-state index contributed by atoms with van der Waals surface area (Å²) in [5.74, 6) is 0.134. The van der Waals surface area contributed by atoms with Crippen LogP contribution in [-0.4, -0.2) is 53.9 Å². The van der Waals surface area contributed by atoms with E-state index in [1.807, 2.05) is 0 Å². The molecule has 2 aromatic heterocycles. The summed E-state index contributed by atoms with van der Waals surface area (Å²) in [6.07, 6.45) is -0.739. The second-order valence-corrected chi connectivity index (χ2v) is 5.51. The summed E-state index contributed by atoms with van der Waals surface area (Å²) in [4.78, 5) is 26.0. The van der Waals surface area contributed by atoms with Crippen molar-refractivity contribution in [1.82, 2.24) is 25.0 Å². The Morgan fingerprint density at radius 3 is 2.80 bits per heavy atom. The molecule has 0 saturated heterocycles. The number of aromatic nitrogens is 5. The first-order valence-corrected chi connectivity index (χ1v) is 7.22. The lowest BCUT2D eigenvalue weighted by Gasteiger charge is -2.14. The summed E-state index contributed by atoms with van der Waals surface area (Å²) in [7, 11) is -4.35. The van der Waals surface area contributed by atoms with Crippen molar-refractivity contribution < 1.29 is 23.5 Å². The highest BCUT2D eigenvalue weighted by atomic mass is 31.2. The van der Waals surface area contributed by atoms with Crippen LogP contribution in [0.15, 0.2) is 6.33 Å². The molecule has 0 aliphatic heterocycles. The van der Waals surface area contributed by atoms with Gasteiger partial charge >= 0.3 is 7.60 Å². The van der Waals surface area contributed by atoms with Crippen LogP contribution in [0.1, 0.15) is 0 Å². The van der Waals surface area contributed by atoms with Crippen LogP contribution in [-0.2, 0) is 15.8 Å². The molecule has 12 heteroatoms. The van der Waals surface area contributed by atoms with Crippen molar-refractivity contribution in [3.05, 3.63) is 6.33 Å². The molecule has 110 valence electrons. The molecule has 0 unspecified atom stereocenters. The molecule has 0 spiro atoms. The summed E-state index contributed by atoms with van der Waals surface area (Å²) in [5, 5.41) is 7.90. The van der Waals surface area contributed by atoms with Crippen LogP contribution in [0.4, 0.5) is 10.2 Å². The minimum absolute atomic E-state index is 0.133. The Morgan fingerprint density at radius 1 is 1.45 bits per heavy atom. The number of fused-ring (bicyclic) bond motifs is 1. The summed E-state index contributed by atoms with van der Waals surface area (Å²) >= 11 is 0. The molecule has 10 nitrogen and oxygen atoms in total. The standard InChI is InChI=1S/C8H12FN6O4P/c9-1-5(19-4-20(16,17)18)2-15-13-6-7(10)11-3-12-8(6)14-15/h3,5H,1-2,4H2,(H2,16,17,18)(H2,10,11,12,14)/t5-/m1/s1. The zero-order chi connectivity index (χ0) is 14.8. The third kappa shape index (κ3) is 3.67. The van der Waals surface area contributed by atoms with E-state index in [1.54, 1.807) is 0 Å². The topological polar surface area (TPSA) is 149 Å². The van der Waals surface area contributed by atoms with Gasteiger partial charge in [-0.3, -0.25) is 4.57 Å². The van der Waals surface area contributed by atoms with Crippen molar-refractivity contribution >= 4 is 24.6 Å². The number of ether oxygens (including phenoxy) is 1. The van der Waals surface area contributed by atoms with Crippen molar-refractivity contribution in [1.29, 1.82) is 0 Å². The molecule has 4 N–H and O–H groups in total. The van der Waals surface area contributed by atoms with E-state index in [2.05, 4.69) is 20.2 Å². The van der Waals surface area contributed by atoms with Gasteiger partial charge in [-0.25, -0.2) is 14.4 Å². The molecule has 20 heavy (non-hydrogen) atoms. The van der Waals surface area contributed by atoms with Crippen LogP contribution in [0.5, 0.6) is 0 Å². The second kappa shape index (κ2) is 5.75. The van der Waals surface area contributed by atoms with Crippen LogP contribution < -0.4 is 5.73 Å². The summed E-state index contributed by atoms with van der Waals surface area (Å²) in [6, 6.07) is 0. The number of alkyl halides is 1. The Morgan fingerprint density at radius 2 is 2.20 bits per heavy atom. The number of anilines is 1. The predicted octanol–water partition coefficient (Wildman–Crippen LogP) is -0.707. The minimum Gasteiger partial charge on any atom is -0.382 e. The third-order valence-corrected chi connectivity index (χ3v) is 2.76. The fraction of sp³-hybridized carbons (Fsp3) is 0.500. The van der Waals surface area contributed by atoms with E-state index in [-0.39, 0.29) is 23.5 Å². The predicted molar refractivity (Wildman–Crippen MR) is 65.3 cm³/mol. The lowest BCUT2D eigenvalue weighted by molar-refractivity contribution is 0.0387. The Labute approximate surface area is 111 Å². The molecule has 0 saturated carbocycles. The van der Waals surface area contributed by atoms with E-state index in [4.69, 9.17) is 20.3 Å². The second-order valence-electron chi connectivity index (χ2n) is 3.92. The maximum Gasteiger partial charge on any atom is 0.350 e. The van der Waals surface area contributed by atoms with Gasteiger partial charge in [-0.15, -0.1) is 10.2 Å². The summed E-state index contributed by atoms with van der Waals surface area (Å²) in [6.45, 7) is -1.08. The van der Waals surface area contributed by atoms with Crippen LogP contribution in [0.3, 0.4) is 0 Å². The van der Waals surface area contributed by atoms with Gasteiger partial charge in [0.05, 0.1) is 6.54 Å². The van der Waals surface area contributed by atoms with Crippen molar-refractivity contribution in [2.75, 3.05) is 18.8 Å². The molecule has 0 aliphatic rings.